The zero-order chi connectivity index (χ0) is 25.9. The lowest BCUT2D eigenvalue weighted by molar-refractivity contribution is -0.118. The van der Waals surface area contributed by atoms with Crippen molar-refractivity contribution in [2.75, 3.05) is 20.0 Å². The fourth-order valence-electron chi connectivity index (χ4n) is 3.51. The number of phenolic OH excluding ortho intramolecular Hbond substituents is 1. The number of allylic oxidation sites excluding steroid dienone is 1. The molecule has 0 radical (unpaired) electrons. The molecular weight excluding hydrogens is 480 g/mol. The van der Waals surface area contributed by atoms with Gasteiger partial charge in [-0.3, -0.25) is 4.79 Å². The molecule has 2 aromatic carbocycles. The minimum absolute atomic E-state index is 0.0599. The molecule has 0 aliphatic carbocycles. The molecule has 0 spiro atoms. The van der Waals surface area contributed by atoms with Gasteiger partial charge < -0.3 is 19.0 Å². The molecule has 2 N–H and O–H groups in total. The molecule has 0 saturated carbocycles. The van der Waals surface area contributed by atoms with Gasteiger partial charge in [-0.1, -0.05) is 30.0 Å². The first-order valence-corrected chi connectivity index (χ1v) is 12.3. The Kier molecular flexibility index (Phi) is 9.93. The van der Waals surface area contributed by atoms with Crippen LogP contribution in [0.3, 0.4) is 0 Å². The third kappa shape index (κ3) is 7.61. The molecule has 0 fully saturated rings. The lowest BCUT2D eigenvalue weighted by Crippen LogP contribution is -2.19. The van der Waals surface area contributed by atoms with Crippen molar-refractivity contribution in [1.82, 2.24) is 15.6 Å². The van der Waals surface area contributed by atoms with E-state index in [1.807, 2.05) is 13.0 Å². The number of rotatable bonds is 13. The number of ether oxygens (including phenoxy) is 2. The third-order valence-electron chi connectivity index (χ3n) is 5.25. The van der Waals surface area contributed by atoms with E-state index in [4.69, 9.17) is 13.9 Å². The van der Waals surface area contributed by atoms with E-state index in [9.17, 15) is 9.90 Å². The van der Waals surface area contributed by atoms with Crippen LogP contribution in [-0.2, 0) is 24.1 Å². The van der Waals surface area contributed by atoms with E-state index >= 15 is 0 Å². The van der Waals surface area contributed by atoms with Crippen molar-refractivity contribution in [2.45, 2.75) is 37.8 Å². The van der Waals surface area contributed by atoms with E-state index in [0.29, 0.717) is 40.8 Å². The summed E-state index contributed by atoms with van der Waals surface area (Å²) in [6.45, 7) is 5.71. The van der Waals surface area contributed by atoms with Crippen LogP contribution in [0, 0.1) is 6.92 Å². The van der Waals surface area contributed by atoms with Crippen LogP contribution < -0.4 is 14.9 Å². The van der Waals surface area contributed by atoms with Gasteiger partial charge in [-0.25, -0.2) is 5.43 Å². The van der Waals surface area contributed by atoms with E-state index in [1.54, 1.807) is 25.3 Å². The molecule has 9 nitrogen and oxygen atoms in total. The number of hydrazone groups is 1. The predicted molar refractivity (Wildman–Crippen MR) is 139 cm³/mol. The third-order valence-corrected chi connectivity index (χ3v) is 6.07. The van der Waals surface area contributed by atoms with Crippen LogP contribution in [0.4, 0.5) is 0 Å². The number of aryl methyl sites for hydroxylation is 3. The number of nitrogens with zero attached hydrogens (tertiary/aromatic N) is 3. The Hall–Kier alpha value is -3.79. The van der Waals surface area contributed by atoms with E-state index in [1.165, 1.54) is 18.9 Å². The van der Waals surface area contributed by atoms with Gasteiger partial charge in [-0.2, -0.15) is 5.10 Å². The first-order chi connectivity index (χ1) is 17.4. The summed E-state index contributed by atoms with van der Waals surface area (Å²) in [7, 11) is 3.14. The molecular formula is C26H30N4O5S. The average molecular weight is 511 g/mol. The Labute approximate surface area is 214 Å². The minimum atomic E-state index is -0.317. The summed E-state index contributed by atoms with van der Waals surface area (Å²) < 4.78 is 16.1. The lowest BCUT2D eigenvalue weighted by Gasteiger charge is -2.09. The first-order valence-electron chi connectivity index (χ1n) is 11.3. The maximum absolute atomic E-state index is 12.1. The van der Waals surface area contributed by atoms with Crippen LogP contribution in [0.25, 0.3) is 0 Å². The fraction of sp³-hybridized carbons (Fsp3) is 0.308. The number of carbonyl (C=O) groups excluding carboxylic acids is 1. The van der Waals surface area contributed by atoms with Crippen LogP contribution in [0.15, 0.2) is 57.7 Å². The van der Waals surface area contributed by atoms with Gasteiger partial charge in [0, 0.05) is 12.0 Å². The van der Waals surface area contributed by atoms with Gasteiger partial charge in [-0.15, -0.1) is 16.8 Å². The van der Waals surface area contributed by atoms with E-state index in [0.717, 1.165) is 35.9 Å². The standard InChI is InChI=1S/C26H30N4O5S/c1-5-7-20-13-19(14-22(34-4)25(20)32)15-27-28-23(31)16-36-26-30-29-24(35-26)9-6-8-18-10-11-21(33-3)17(2)12-18/h5,10-15,32H,1,6-9,16H2,2-4H3,(H,28,31)/b27-15-. The Morgan fingerprint density at radius 3 is 2.72 bits per heavy atom. The number of amides is 1. The van der Waals surface area contributed by atoms with E-state index in [2.05, 4.69) is 39.4 Å². The summed E-state index contributed by atoms with van der Waals surface area (Å²) in [6.07, 6.45) is 6.03. The summed E-state index contributed by atoms with van der Waals surface area (Å²) >= 11 is 1.14. The Morgan fingerprint density at radius 2 is 2.00 bits per heavy atom. The molecule has 3 aromatic rings. The number of thioether (sulfide) groups is 1. The molecule has 0 atom stereocenters. The van der Waals surface area contributed by atoms with Crippen molar-refractivity contribution >= 4 is 23.9 Å². The number of hydrogen-bond acceptors (Lipinski definition) is 9. The number of aromatic hydroxyl groups is 1. The number of phenols is 1. The van der Waals surface area contributed by atoms with Crippen LogP contribution in [0.2, 0.25) is 0 Å². The lowest BCUT2D eigenvalue weighted by atomic mass is 10.1. The topological polar surface area (TPSA) is 119 Å². The molecule has 3 rings (SSSR count). The number of methoxy groups -OCH3 is 2. The summed E-state index contributed by atoms with van der Waals surface area (Å²) in [6, 6.07) is 9.53. The van der Waals surface area contributed by atoms with Crippen LogP contribution in [-0.4, -0.2) is 47.4 Å². The van der Waals surface area contributed by atoms with Crippen molar-refractivity contribution in [1.29, 1.82) is 0 Å². The summed E-state index contributed by atoms with van der Waals surface area (Å²) in [5, 5.41) is 22.5. The molecule has 1 amide bonds. The summed E-state index contributed by atoms with van der Waals surface area (Å²) in [5.41, 5.74) is 6.11. The van der Waals surface area contributed by atoms with Gasteiger partial charge in [-0.05, 0) is 61.1 Å². The molecule has 1 aromatic heterocycles. The Balaban J connectivity index is 1.43. The second-order valence-corrected chi connectivity index (χ2v) is 8.85. The number of benzene rings is 2. The number of aromatic nitrogens is 2. The van der Waals surface area contributed by atoms with Crippen LogP contribution in [0.5, 0.6) is 17.2 Å². The highest BCUT2D eigenvalue weighted by atomic mass is 32.2. The molecule has 0 saturated heterocycles. The second kappa shape index (κ2) is 13.3. The van der Waals surface area contributed by atoms with E-state index in [-0.39, 0.29) is 17.4 Å². The van der Waals surface area contributed by atoms with Gasteiger partial charge in [0.05, 0.1) is 26.2 Å². The zero-order valence-electron chi connectivity index (χ0n) is 20.6. The first kappa shape index (κ1) is 26.8. The van der Waals surface area contributed by atoms with Crippen LogP contribution >= 0.6 is 11.8 Å². The summed E-state index contributed by atoms with van der Waals surface area (Å²) in [5.74, 6) is 1.56. The quantitative estimate of drug-likeness (QED) is 0.152. The monoisotopic (exact) mass is 510 g/mol. The molecule has 10 heteroatoms. The van der Waals surface area contributed by atoms with Gasteiger partial charge in [0.2, 0.25) is 5.89 Å². The molecule has 0 aliphatic heterocycles. The summed E-state index contributed by atoms with van der Waals surface area (Å²) in [4.78, 5) is 12.1. The van der Waals surface area contributed by atoms with Crippen molar-refractivity contribution in [3.63, 3.8) is 0 Å². The smallest absolute Gasteiger partial charge is 0.277 e. The van der Waals surface area contributed by atoms with Crippen molar-refractivity contribution in [3.05, 3.63) is 71.1 Å². The molecule has 0 aliphatic rings. The maximum atomic E-state index is 12.1. The van der Waals surface area contributed by atoms with Crippen molar-refractivity contribution in [2.24, 2.45) is 5.10 Å². The highest BCUT2D eigenvalue weighted by Crippen LogP contribution is 2.31. The highest BCUT2D eigenvalue weighted by molar-refractivity contribution is 7.99. The molecule has 36 heavy (non-hydrogen) atoms. The number of hydrogen-bond donors (Lipinski definition) is 2. The average Bonchev–Trinajstić information content (AvgIpc) is 3.32. The Bertz CT molecular complexity index is 1230. The minimum Gasteiger partial charge on any atom is -0.504 e. The van der Waals surface area contributed by atoms with Gasteiger partial charge in [0.25, 0.3) is 11.1 Å². The van der Waals surface area contributed by atoms with Crippen LogP contribution in [0.1, 0.15) is 34.6 Å². The SMILES string of the molecule is C=CCc1cc(/C=N\NC(=O)CSc2nnc(CCCc3ccc(OC)c(C)c3)o2)cc(OC)c1O. The number of carbonyl (C=O) groups is 1. The Morgan fingerprint density at radius 1 is 1.19 bits per heavy atom. The molecule has 0 unspecified atom stereocenters. The fourth-order valence-corrected chi connectivity index (χ4v) is 4.08. The van der Waals surface area contributed by atoms with Gasteiger partial charge >= 0.3 is 0 Å². The molecule has 1 heterocycles. The second-order valence-electron chi connectivity index (χ2n) is 7.92. The zero-order valence-corrected chi connectivity index (χ0v) is 21.4. The highest BCUT2D eigenvalue weighted by Gasteiger charge is 2.11. The molecule has 190 valence electrons. The van der Waals surface area contributed by atoms with Gasteiger partial charge in [0.15, 0.2) is 11.5 Å². The predicted octanol–water partition coefficient (Wildman–Crippen LogP) is 4.25. The largest absolute Gasteiger partial charge is 0.504 e. The normalized spacial score (nSPS) is 11.0. The van der Waals surface area contributed by atoms with Gasteiger partial charge in [0.1, 0.15) is 5.75 Å². The van der Waals surface area contributed by atoms with E-state index < -0.39 is 0 Å². The molecule has 0 bridgehead atoms. The van der Waals surface area contributed by atoms with Crippen molar-refractivity contribution < 1.29 is 23.8 Å². The van der Waals surface area contributed by atoms with Crippen molar-refractivity contribution in [3.8, 4) is 17.2 Å². The number of nitrogens with one attached hydrogen (secondary N) is 1. The maximum Gasteiger partial charge on any atom is 0.277 e.